The number of rotatable bonds is 7. The Morgan fingerprint density at radius 2 is 2.25 bits per heavy atom. The Morgan fingerprint density at radius 3 is 2.95 bits per heavy atom. The van der Waals surface area contributed by atoms with E-state index >= 15 is 0 Å². The minimum Gasteiger partial charge on any atom is -0.491 e. The van der Waals surface area contributed by atoms with Crippen molar-refractivity contribution >= 4 is 5.97 Å². The molecule has 7 heteroatoms. The Labute approximate surface area is 116 Å². The molecule has 0 aliphatic carbocycles. The highest BCUT2D eigenvalue weighted by Crippen LogP contribution is 2.17. The summed E-state index contributed by atoms with van der Waals surface area (Å²) in [6, 6.07) is 6.57. The van der Waals surface area contributed by atoms with Crippen LogP contribution in [0.3, 0.4) is 0 Å². The Hall–Kier alpha value is -2.41. The number of carboxylic acid groups (broad SMARTS) is 1. The second-order valence-corrected chi connectivity index (χ2v) is 4.16. The number of para-hydroxylation sites is 1. The molecule has 0 saturated carbocycles. The second-order valence-electron chi connectivity index (χ2n) is 4.16. The van der Waals surface area contributed by atoms with Crippen LogP contribution < -0.4 is 10.1 Å². The van der Waals surface area contributed by atoms with E-state index in [0.29, 0.717) is 31.3 Å². The molecule has 0 saturated heterocycles. The number of ether oxygens (including phenoxy) is 1. The van der Waals surface area contributed by atoms with Crippen LogP contribution in [-0.4, -0.2) is 39.0 Å². The molecule has 0 atom stereocenters. The van der Waals surface area contributed by atoms with Gasteiger partial charge in [-0.2, -0.15) is 5.10 Å². The molecule has 0 bridgehead atoms. The molecule has 1 heterocycles. The summed E-state index contributed by atoms with van der Waals surface area (Å²) in [7, 11) is 1.81. The maximum atomic E-state index is 11.0. The lowest BCUT2D eigenvalue weighted by Gasteiger charge is -2.09. The van der Waals surface area contributed by atoms with Gasteiger partial charge in [0, 0.05) is 13.6 Å². The molecule has 2 aromatic rings. The summed E-state index contributed by atoms with van der Waals surface area (Å²) in [5.74, 6) is 0.0856. The van der Waals surface area contributed by atoms with E-state index in [4.69, 9.17) is 9.84 Å². The van der Waals surface area contributed by atoms with E-state index in [2.05, 4.69) is 15.4 Å². The van der Waals surface area contributed by atoms with Gasteiger partial charge in [-0.05, 0) is 12.1 Å². The molecular formula is C13H16N4O3. The maximum absolute atomic E-state index is 11.0. The molecule has 0 fully saturated rings. The van der Waals surface area contributed by atoms with Crippen LogP contribution in [0.5, 0.6) is 5.75 Å². The molecule has 0 radical (unpaired) electrons. The van der Waals surface area contributed by atoms with Crippen molar-refractivity contribution in [1.82, 2.24) is 20.1 Å². The predicted octanol–water partition coefficient (Wildman–Crippen LogP) is 0.682. The van der Waals surface area contributed by atoms with Gasteiger partial charge in [0.15, 0.2) is 5.82 Å². The molecule has 0 aliphatic heterocycles. The molecule has 0 unspecified atom stereocenters. The van der Waals surface area contributed by atoms with Gasteiger partial charge in [0.2, 0.25) is 0 Å². The first kappa shape index (κ1) is 14.0. The fraction of sp³-hybridized carbons (Fsp3) is 0.308. The summed E-state index contributed by atoms with van der Waals surface area (Å²) < 4.78 is 7.09. The first-order valence-electron chi connectivity index (χ1n) is 6.17. The van der Waals surface area contributed by atoms with Gasteiger partial charge < -0.3 is 15.2 Å². The van der Waals surface area contributed by atoms with Crippen molar-refractivity contribution in [2.75, 3.05) is 13.2 Å². The van der Waals surface area contributed by atoms with Gasteiger partial charge in [-0.3, -0.25) is 4.68 Å². The van der Waals surface area contributed by atoms with Crippen LogP contribution in [0.1, 0.15) is 16.2 Å². The Morgan fingerprint density at radius 1 is 1.45 bits per heavy atom. The first-order chi connectivity index (χ1) is 9.66. The van der Waals surface area contributed by atoms with Crippen molar-refractivity contribution in [3.63, 3.8) is 0 Å². The van der Waals surface area contributed by atoms with Gasteiger partial charge in [0.25, 0.3) is 0 Å². The molecule has 20 heavy (non-hydrogen) atoms. The molecule has 0 aliphatic rings. The fourth-order valence-corrected chi connectivity index (χ4v) is 1.67. The third-order valence-corrected chi connectivity index (χ3v) is 2.58. The van der Waals surface area contributed by atoms with Gasteiger partial charge in [-0.1, -0.05) is 12.1 Å². The zero-order chi connectivity index (χ0) is 14.4. The summed E-state index contributed by atoms with van der Waals surface area (Å²) in [5, 5.41) is 16.3. The smallest absolute Gasteiger partial charge is 0.339 e. The fourth-order valence-electron chi connectivity index (χ4n) is 1.67. The molecule has 106 valence electrons. The van der Waals surface area contributed by atoms with Gasteiger partial charge in [0.1, 0.15) is 24.2 Å². The molecule has 2 N–H and O–H groups in total. The zero-order valence-electron chi connectivity index (χ0n) is 11.1. The number of aryl methyl sites for hydroxylation is 1. The van der Waals surface area contributed by atoms with E-state index in [1.165, 1.54) is 6.07 Å². The van der Waals surface area contributed by atoms with Crippen molar-refractivity contribution < 1.29 is 14.6 Å². The topological polar surface area (TPSA) is 89.3 Å². The maximum Gasteiger partial charge on any atom is 0.339 e. The Kier molecular flexibility index (Phi) is 4.67. The van der Waals surface area contributed by atoms with E-state index in [0.717, 1.165) is 0 Å². The summed E-state index contributed by atoms with van der Waals surface area (Å²) >= 11 is 0. The zero-order valence-corrected chi connectivity index (χ0v) is 11.1. The van der Waals surface area contributed by atoms with Crippen LogP contribution in [0.25, 0.3) is 0 Å². The number of hydrogen-bond acceptors (Lipinski definition) is 5. The summed E-state index contributed by atoms with van der Waals surface area (Å²) in [4.78, 5) is 15.1. The third-order valence-electron chi connectivity index (χ3n) is 2.58. The lowest BCUT2D eigenvalue weighted by atomic mass is 10.2. The van der Waals surface area contributed by atoms with Crippen molar-refractivity contribution in [2.45, 2.75) is 6.54 Å². The van der Waals surface area contributed by atoms with Crippen LogP contribution in [-0.2, 0) is 13.6 Å². The van der Waals surface area contributed by atoms with Crippen LogP contribution in [0, 0.1) is 0 Å². The van der Waals surface area contributed by atoms with E-state index in [1.807, 2.05) is 7.05 Å². The lowest BCUT2D eigenvalue weighted by molar-refractivity contribution is 0.0692. The second kappa shape index (κ2) is 6.67. The first-order valence-corrected chi connectivity index (χ1v) is 6.17. The van der Waals surface area contributed by atoms with Gasteiger partial charge in [0.05, 0.1) is 6.54 Å². The van der Waals surface area contributed by atoms with Crippen LogP contribution in [0.15, 0.2) is 30.6 Å². The molecule has 0 amide bonds. The van der Waals surface area contributed by atoms with E-state index in [-0.39, 0.29) is 5.56 Å². The number of aromatic nitrogens is 3. The molecule has 7 nitrogen and oxygen atoms in total. The van der Waals surface area contributed by atoms with Gasteiger partial charge in [-0.15, -0.1) is 0 Å². The standard InChI is InChI=1S/C13H16N4O3/c1-17-9-15-12(16-17)8-14-6-7-20-11-5-3-2-4-10(11)13(18)19/h2-5,9,14H,6-8H2,1H3,(H,18,19). The van der Waals surface area contributed by atoms with Crippen LogP contribution >= 0.6 is 0 Å². The molecule has 1 aromatic carbocycles. The van der Waals surface area contributed by atoms with Crippen molar-refractivity contribution in [3.8, 4) is 5.75 Å². The Bertz CT molecular complexity index is 583. The predicted molar refractivity (Wildman–Crippen MR) is 71.6 cm³/mol. The van der Waals surface area contributed by atoms with Crippen LogP contribution in [0.2, 0.25) is 0 Å². The summed E-state index contributed by atoms with van der Waals surface area (Å²) in [5.41, 5.74) is 0.166. The quantitative estimate of drug-likeness (QED) is 0.723. The summed E-state index contributed by atoms with van der Waals surface area (Å²) in [6.45, 7) is 1.49. The van der Waals surface area contributed by atoms with Gasteiger partial charge >= 0.3 is 5.97 Å². The van der Waals surface area contributed by atoms with Crippen molar-refractivity contribution in [1.29, 1.82) is 0 Å². The SMILES string of the molecule is Cn1cnc(CNCCOc2ccccc2C(=O)O)n1. The monoisotopic (exact) mass is 276 g/mol. The third kappa shape index (κ3) is 3.79. The number of carboxylic acids is 1. The number of nitrogens with zero attached hydrogens (tertiary/aromatic N) is 3. The highest BCUT2D eigenvalue weighted by Gasteiger charge is 2.09. The van der Waals surface area contributed by atoms with Gasteiger partial charge in [-0.25, -0.2) is 9.78 Å². The minimum absolute atomic E-state index is 0.166. The number of aromatic carboxylic acids is 1. The average molecular weight is 276 g/mol. The molecular weight excluding hydrogens is 260 g/mol. The summed E-state index contributed by atoms with van der Waals surface area (Å²) in [6.07, 6.45) is 1.64. The number of benzene rings is 1. The van der Waals surface area contributed by atoms with Crippen LogP contribution in [0.4, 0.5) is 0 Å². The highest BCUT2D eigenvalue weighted by molar-refractivity contribution is 5.90. The molecule has 2 rings (SSSR count). The number of carbonyl (C=O) groups is 1. The average Bonchev–Trinajstić information content (AvgIpc) is 2.84. The molecule has 1 aromatic heterocycles. The lowest BCUT2D eigenvalue weighted by Crippen LogP contribution is -2.21. The molecule has 0 spiro atoms. The normalized spacial score (nSPS) is 10.4. The van der Waals surface area contributed by atoms with Crippen molar-refractivity contribution in [2.24, 2.45) is 7.05 Å². The highest BCUT2D eigenvalue weighted by atomic mass is 16.5. The van der Waals surface area contributed by atoms with E-state index in [1.54, 1.807) is 29.2 Å². The largest absolute Gasteiger partial charge is 0.491 e. The van der Waals surface area contributed by atoms with E-state index < -0.39 is 5.97 Å². The minimum atomic E-state index is -0.994. The number of nitrogens with one attached hydrogen (secondary N) is 1. The Balaban J connectivity index is 1.75. The van der Waals surface area contributed by atoms with Crippen molar-refractivity contribution in [3.05, 3.63) is 42.0 Å². The van der Waals surface area contributed by atoms with E-state index in [9.17, 15) is 4.79 Å². The number of hydrogen-bond donors (Lipinski definition) is 2.